The Kier molecular flexibility index (Phi) is 6.58. The molecule has 142 valence electrons. The third-order valence-corrected chi connectivity index (χ3v) is 10.3. The van der Waals surface area contributed by atoms with Crippen molar-refractivity contribution in [1.29, 1.82) is 5.26 Å². The summed E-state index contributed by atoms with van der Waals surface area (Å²) in [4.78, 5) is 13.2. The molecule has 0 saturated heterocycles. The number of carbonyl (C=O) groups excluding carboxylic acids is 1. The van der Waals surface area contributed by atoms with Crippen LogP contribution in [0.25, 0.3) is 0 Å². The molecule has 0 aromatic heterocycles. The van der Waals surface area contributed by atoms with E-state index < -0.39 is 12.9 Å². The molecule has 0 amide bonds. The van der Waals surface area contributed by atoms with Crippen LogP contribution in [0.4, 0.5) is 0 Å². The van der Waals surface area contributed by atoms with Gasteiger partial charge in [-0.1, -0.05) is 0 Å². The monoisotopic (exact) mass is 389 g/mol. The Morgan fingerprint density at radius 2 is 1.25 bits per heavy atom. The number of rotatable bonds is 7. The predicted octanol–water partition coefficient (Wildman–Crippen LogP) is 3.56. The summed E-state index contributed by atoms with van der Waals surface area (Å²) in [6, 6.07) is 32.6. The summed E-state index contributed by atoms with van der Waals surface area (Å²) in [6.45, 7) is 2.10. The zero-order valence-electron chi connectivity index (χ0n) is 15.9. The standard InChI is InChI=1S/C24H24NO2P/c1-2-27-24(26)23(18-19-25)28(20-12-6-3-7-13-20,21-14-8-4-9-15-21)22-16-10-5-11-17-22/h3-17,23,28H,2,18H2,1H3. The van der Waals surface area contributed by atoms with Crippen LogP contribution in [0.2, 0.25) is 0 Å². The van der Waals surface area contributed by atoms with E-state index in [4.69, 9.17) is 4.74 Å². The SMILES string of the molecule is CCOC(=O)C(CC#N)[PH](c1ccccc1)(c1ccccc1)c1ccccc1. The number of nitriles is 1. The summed E-state index contributed by atoms with van der Waals surface area (Å²) in [6.07, 6.45) is 0.115. The maximum atomic E-state index is 13.2. The van der Waals surface area contributed by atoms with Crippen LogP contribution in [0.15, 0.2) is 91.0 Å². The summed E-state index contributed by atoms with van der Waals surface area (Å²) in [5, 5.41) is 12.9. The van der Waals surface area contributed by atoms with Crippen LogP contribution in [-0.2, 0) is 9.53 Å². The minimum absolute atomic E-state index is 0.115. The Balaban J connectivity index is 2.39. The molecule has 0 saturated carbocycles. The van der Waals surface area contributed by atoms with Gasteiger partial charge >= 0.3 is 167 Å². The summed E-state index contributed by atoms with van der Waals surface area (Å²) in [5.74, 6) is -0.299. The Labute approximate surface area is 166 Å². The summed E-state index contributed by atoms with van der Waals surface area (Å²) < 4.78 is 5.47. The third-order valence-electron chi connectivity index (χ3n) is 5.08. The van der Waals surface area contributed by atoms with E-state index in [-0.39, 0.29) is 12.4 Å². The van der Waals surface area contributed by atoms with Crippen LogP contribution < -0.4 is 15.9 Å². The van der Waals surface area contributed by atoms with Crippen LogP contribution in [0.3, 0.4) is 0 Å². The molecular weight excluding hydrogens is 365 g/mol. The molecule has 3 rings (SSSR count). The van der Waals surface area contributed by atoms with Crippen LogP contribution in [0, 0.1) is 11.3 Å². The van der Waals surface area contributed by atoms with Gasteiger partial charge in [-0.2, -0.15) is 0 Å². The molecule has 0 spiro atoms. The van der Waals surface area contributed by atoms with Gasteiger partial charge in [-0.3, -0.25) is 0 Å². The van der Waals surface area contributed by atoms with Crippen molar-refractivity contribution in [2.24, 2.45) is 0 Å². The van der Waals surface area contributed by atoms with Crippen molar-refractivity contribution in [1.82, 2.24) is 0 Å². The molecule has 28 heavy (non-hydrogen) atoms. The van der Waals surface area contributed by atoms with E-state index in [1.165, 1.54) is 0 Å². The first-order valence-electron chi connectivity index (χ1n) is 9.45. The fourth-order valence-corrected chi connectivity index (χ4v) is 9.15. The van der Waals surface area contributed by atoms with Gasteiger partial charge in [0, 0.05) is 0 Å². The normalized spacial score (nSPS) is 12.6. The van der Waals surface area contributed by atoms with E-state index >= 15 is 0 Å². The molecule has 3 aromatic rings. The fourth-order valence-electron chi connectivity index (χ4n) is 3.95. The Hall–Kier alpha value is -2.95. The summed E-state index contributed by atoms with van der Waals surface area (Å²) in [7, 11) is -2.87. The number of hydrogen-bond acceptors (Lipinski definition) is 3. The molecule has 3 nitrogen and oxygen atoms in total. The van der Waals surface area contributed by atoms with Crippen molar-refractivity contribution in [2.45, 2.75) is 19.0 Å². The molecule has 4 heteroatoms. The van der Waals surface area contributed by atoms with Gasteiger partial charge < -0.3 is 0 Å². The molecule has 0 radical (unpaired) electrons. The van der Waals surface area contributed by atoms with Gasteiger partial charge in [0.15, 0.2) is 0 Å². The molecule has 3 aromatic carbocycles. The van der Waals surface area contributed by atoms with E-state index in [0.717, 1.165) is 15.9 Å². The van der Waals surface area contributed by atoms with Crippen LogP contribution in [0.5, 0.6) is 0 Å². The zero-order chi connectivity index (χ0) is 19.8. The Morgan fingerprint density at radius 3 is 1.57 bits per heavy atom. The van der Waals surface area contributed by atoms with Gasteiger partial charge in [0.2, 0.25) is 0 Å². The van der Waals surface area contributed by atoms with Crippen molar-refractivity contribution in [2.75, 3.05) is 6.61 Å². The number of hydrogen-bond donors (Lipinski definition) is 0. The second kappa shape index (κ2) is 9.31. The second-order valence-corrected chi connectivity index (χ2v) is 10.6. The molecular formula is C24H24NO2P. The number of carbonyl (C=O) groups is 1. The van der Waals surface area contributed by atoms with Crippen LogP contribution in [0.1, 0.15) is 13.3 Å². The van der Waals surface area contributed by atoms with Crippen molar-refractivity contribution in [3.8, 4) is 6.07 Å². The quantitative estimate of drug-likeness (QED) is 0.459. The molecule has 0 N–H and O–H groups in total. The van der Waals surface area contributed by atoms with E-state index in [2.05, 4.69) is 42.5 Å². The minimum atomic E-state index is -2.87. The van der Waals surface area contributed by atoms with E-state index in [0.29, 0.717) is 6.61 Å². The first-order chi connectivity index (χ1) is 13.7. The van der Waals surface area contributed by atoms with Crippen LogP contribution in [-0.4, -0.2) is 18.2 Å². The fraction of sp³-hybridized carbons (Fsp3) is 0.167. The average molecular weight is 389 g/mol. The first-order valence-corrected chi connectivity index (χ1v) is 11.5. The molecule has 1 unspecified atom stereocenters. The van der Waals surface area contributed by atoms with Crippen molar-refractivity contribution in [3.63, 3.8) is 0 Å². The third kappa shape index (κ3) is 3.70. The molecule has 0 bridgehead atoms. The van der Waals surface area contributed by atoms with Crippen LogP contribution >= 0.6 is 7.26 Å². The zero-order valence-corrected chi connectivity index (χ0v) is 16.9. The van der Waals surface area contributed by atoms with Crippen molar-refractivity contribution in [3.05, 3.63) is 91.0 Å². The molecule has 0 aliphatic heterocycles. The topological polar surface area (TPSA) is 50.1 Å². The summed E-state index contributed by atoms with van der Waals surface area (Å²) in [5.41, 5.74) is -0.537. The summed E-state index contributed by atoms with van der Waals surface area (Å²) >= 11 is 0. The van der Waals surface area contributed by atoms with Gasteiger partial charge in [0.1, 0.15) is 0 Å². The van der Waals surface area contributed by atoms with Gasteiger partial charge in [0.25, 0.3) is 0 Å². The molecule has 0 aliphatic carbocycles. The maximum absolute atomic E-state index is 13.2. The second-order valence-electron chi connectivity index (χ2n) is 6.57. The van der Waals surface area contributed by atoms with Gasteiger partial charge in [-0.05, 0) is 0 Å². The van der Waals surface area contributed by atoms with E-state index in [1.54, 1.807) is 6.92 Å². The van der Waals surface area contributed by atoms with Gasteiger partial charge in [-0.15, -0.1) is 0 Å². The number of ether oxygens (including phenoxy) is 1. The Morgan fingerprint density at radius 1 is 0.857 bits per heavy atom. The van der Waals surface area contributed by atoms with Crippen molar-refractivity contribution >= 4 is 29.1 Å². The number of benzene rings is 3. The van der Waals surface area contributed by atoms with E-state index in [9.17, 15) is 10.1 Å². The molecule has 1 atom stereocenters. The molecule has 0 heterocycles. The van der Waals surface area contributed by atoms with Gasteiger partial charge in [0.05, 0.1) is 0 Å². The number of esters is 1. The number of nitrogens with zero attached hydrogens (tertiary/aromatic N) is 1. The van der Waals surface area contributed by atoms with E-state index in [1.807, 2.05) is 54.6 Å². The first kappa shape index (κ1) is 19.8. The van der Waals surface area contributed by atoms with Gasteiger partial charge in [-0.25, -0.2) is 0 Å². The average Bonchev–Trinajstić information content (AvgIpc) is 2.76. The Bertz CT molecular complexity index is 840. The predicted molar refractivity (Wildman–Crippen MR) is 117 cm³/mol. The molecule has 0 fully saturated rings. The molecule has 0 aliphatic rings. The van der Waals surface area contributed by atoms with Crippen molar-refractivity contribution < 1.29 is 9.53 Å².